The highest BCUT2D eigenvalue weighted by molar-refractivity contribution is 8.27. The molecule has 2 nitrogen and oxygen atoms in total. The molecule has 128 valence electrons. The van der Waals surface area contributed by atoms with Gasteiger partial charge < -0.3 is 0 Å². The molecule has 1 fully saturated rings. The van der Waals surface area contributed by atoms with Crippen LogP contribution in [0.15, 0.2) is 53.4 Å². The molecule has 0 atom stereocenters. The van der Waals surface area contributed by atoms with E-state index in [1.807, 2.05) is 25.1 Å². The van der Waals surface area contributed by atoms with Crippen LogP contribution in [0.2, 0.25) is 0 Å². The number of halogens is 3. The molecule has 0 aliphatic carbocycles. The first-order valence-corrected chi connectivity index (χ1v) is 8.50. The number of carbonyl (C=O) groups excluding carboxylic acids is 1. The highest BCUT2D eigenvalue weighted by Crippen LogP contribution is 2.36. The summed E-state index contributed by atoms with van der Waals surface area (Å²) in [5, 5.41) is 0. The number of carbonyl (C=O) groups is 1. The van der Waals surface area contributed by atoms with Crippen LogP contribution in [-0.2, 0) is 11.0 Å². The lowest BCUT2D eigenvalue weighted by molar-refractivity contribution is -0.137. The molecule has 0 aromatic heterocycles. The van der Waals surface area contributed by atoms with Gasteiger partial charge in [-0.3, -0.25) is 9.69 Å². The predicted octanol–water partition coefficient (Wildman–Crippen LogP) is 5.42. The SMILES string of the molecule is Cc1cccc(N2C(=O)/C(=C\c3ccc(C(F)(F)F)cc3)SC2=S)c1. The summed E-state index contributed by atoms with van der Waals surface area (Å²) in [5.41, 5.74) is 1.46. The van der Waals surface area contributed by atoms with Crippen LogP contribution in [-0.4, -0.2) is 10.2 Å². The zero-order valence-electron chi connectivity index (χ0n) is 13.0. The highest BCUT2D eigenvalue weighted by atomic mass is 32.2. The lowest BCUT2D eigenvalue weighted by atomic mass is 10.1. The van der Waals surface area contributed by atoms with Crippen LogP contribution in [0.5, 0.6) is 0 Å². The van der Waals surface area contributed by atoms with Gasteiger partial charge >= 0.3 is 6.18 Å². The van der Waals surface area contributed by atoms with E-state index in [9.17, 15) is 18.0 Å². The van der Waals surface area contributed by atoms with Gasteiger partial charge in [0.15, 0.2) is 4.32 Å². The van der Waals surface area contributed by atoms with Crippen LogP contribution in [0.4, 0.5) is 18.9 Å². The number of hydrogen-bond donors (Lipinski definition) is 0. The summed E-state index contributed by atoms with van der Waals surface area (Å²) in [5.74, 6) is -0.277. The topological polar surface area (TPSA) is 20.3 Å². The first kappa shape index (κ1) is 17.7. The first-order chi connectivity index (χ1) is 11.8. The fourth-order valence-corrected chi connectivity index (χ4v) is 3.68. The lowest BCUT2D eigenvalue weighted by Gasteiger charge is -2.14. The smallest absolute Gasteiger partial charge is 0.268 e. The second-order valence-electron chi connectivity index (χ2n) is 5.48. The molecule has 1 aliphatic heterocycles. The minimum absolute atomic E-state index is 0.277. The quantitative estimate of drug-likeness (QED) is 0.513. The van der Waals surface area contributed by atoms with Crippen molar-refractivity contribution in [3.8, 4) is 0 Å². The second kappa shape index (κ2) is 6.65. The van der Waals surface area contributed by atoms with E-state index in [2.05, 4.69) is 0 Å². The van der Waals surface area contributed by atoms with Gasteiger partial charge in [-0.15, -0.1) is 0 Å². The minimum Gasteiger partial charge on any atom is -0.268 e. The number of benzene rings is 2. The van der Waals surface area contributed by atoms with E-state index in [1.165, 1.54) is 17.0 Å². The van der Waals surface area contributed by atoms with E-state index in [0.717, 1.165) is 29.5 Å². The van der Waals surface area contributed by atoms with Crippen LogP contribution >= 0.6 is 24.0 Å². The number of hydrogen-bond acceptors (Lipinski definition) is 3. The molecule has 1 amide bonds. The molecule has 0 saturated carbocycles. The summed E-state index contributed by atoms with van der Waals surface area (Å²) in [6, 6.07) is 12.1. The fourth-order valence-electron chi connectivity index (χ4n) is 2.38. The minimum atomic E-state index is -4.38. The van der Waals surface area contributed by atoms with E-state index in [0.29, 0.717) is 20.5 Å². The van der Waals surface area contributed by atoms with Gasteiger partial charge in [-0.2, -0.15) is 13.2 Å². The van der Waals surface area contributed by atoms with E-state index in [4.69, 9.17) is 12.2 Å². The number of amides is 1. The van der Waals surface area contributed by atoms with Crippen molar-refractivity contribution in [1.29, 1.82) is 0 Å². The molecule has 3 rings (SSSR count). The number of thioether (sulfide) groups is 1. The Morgan fingerprint density at radius 1 is 1.12 bits per heavy atom. The molecule has 25 heavy (non-hydrogen) atoms. The summed E-state index contributed by atoms with van der Waals surface area (Å²) < 4.78 is 38.2. The van der Waals surface area contributed by atoms with Crippen LogP contribution in [0.1, 0.15) is 16.7 Å². The molecule has 2 aromatic carbocycles. The molecular weight excluding hydrogens is 367 g/mol. The third-order valence-corrected chi connectivity index (χ3v) is 4.89. The molecule has 0 N–H and O–H groups in total. The van der Waals surface area contributed by atoms with Crippen LogP contribution in [0.25, 0.3) is 6.08 Å². The number of nitrogens with zero attached hydrogens (tertiary/aromatic N) is 1. The Labute approximate surface area is 152 Å². The molecule has 0 spiro atoms. The Balaban J connectivity index is 1.88. The number of alkyl halides is 3. The van der Waals surface area contributed by atoms with E-state index < -0.39 is 11.7 Å². The van der Waals surface area contributed by atoms with Crippen molar-refractivity contribution in [2.24, 2.45) is 0 Å². The summed E-state index contributed by atoms with van der Waals surface area (Å²) in [4.78, 5) is 14.4. The summed E-state index contributed by atoms with van der Waals surface area (Å²) >= 11 is 6.42. The Morgan fingerprint density at radius 2 is 1.80 bits per heavy atom. The van der Waals surface area contributed by atoms with Gasteiger partial charge in [-0.1, -0.05) is 48.2 Å². The van der Waals surface area contributed by atoms with Gasteiger partial charge in [0.1, 0.15) is 0 Å². The van der Waals surface area contributed by atoms with Gasteiger partial charge in [0.05, 0.1) is 16.2 Å². The van der Waals surface area contributed by atoms with Crippen molar-refractivity contribution in [2.75, 3.05) is 4.90 Å². The summed E-state index contributed by atoms with van der Waals surface area (Å²) in [7, 11) is 0. The van der Waals surface area contributed by atoms with Crippen molar-refractivity contribution in [1.82, 2.24) is 0 Å². The van der Waals surface area contributed by atoms with Gasteiger partial charge in [0.25, 0.3) is 5.91 Å². The van der Waals surface area contributed by atoms with Gasteiger partial charge in [-0.05, 0) is 48.4 Å². The fraction of sp³-hybridized carbons (Fsp3) is 0.111. The van der Waals surface area contributed by atoms with Gasteiger partial charge in [0.2, 0.25) is 0 Å². The van der Waals surface area contributed by atoms with Crippen molar-refractivity contribution in [2.45, 2.75) is 13.1 Å². The number of anilines is 1. The van der Waals surface area contributed by atoms with Crippen LogP contribution in [0.3, 0.4) is 0 Å². The average molecular weight is 379 g/mol. The van der Waals surface area contributed by atoms with Crippen molar-refractivity contribution >= 4 is 46.0 Å². The second-order valence-corrected chi connectivity index (χ2v) is 7.15. The van der Waals surface area contributed by atoms with Crippen molar-refractivity contribution in [3.05, 3.63) is 70.1 Å². The normalized spacial score (nSPS) is 16.8. The Bertz CT molecular complexity index is 873. The van der Waals surface area contributed by atoms with Gasteiger partial charge in [0, 0.05) is 0 Å². The molecule has 0 radical (unpaired) electrons. The Hall–Kier alpha value is -2.12. The average Bonchev–Trinajstić information content (AvgIpc) is 2.81. The maximum absolute atomic E-state index is 12.6. The molecular formula is C18H12F3NOS2. The maximum Gasteiger partial charge on any atom is 0.416 e. The van der Waals surface area contributed by atoms with E-state index in [-0.39, 0.29) is 5.91 Å². The Morgan fingerprint density at radius 3 is 2.40 bits per heavy atom. The molecule has 2 aromatic rings. The van der Waals surface area contributed by atoms with E-state index >= 15 is 0 Å². The predicted molar refractivity (Wildman–Crippen MR) is 98.3 cm³/mol. The third kappa shape index (κ3) is 3.77. The zero-order valence-corrected chi connectivity index (χ0v) is 14.6. The van der Waals surface area contributed by atoms with Crippen molar-refractivity contribution in [3.63, 3.8) is 0 Å². The molecule has 0 bridgehead atoms. The molecule has 1 heterocycles. The maximum atomic E-state index is 12.6. The van der Waals surface area contributed by atoms with Gasteiger partial charge in [-0.25, -0.2) is 0 Å². The standard InChI is InChI=1S/C18H12F3NOS2/c1-11-3-2-4-14(9-11)22-16(23)15(25-17(22)24)10-12-5-7-13(8-6-12)18(19,20)21/h2-10H,1H3/b15-10+. The van der Waals surface area contributed by atoms with E-state index in [1.54, 1.807) is 12.1 Å². The largest absolute Gasteiger partial charge is 0.416 e. The zero-order chi connectivity index (χ0) is 18.2. The number of rotatable bonds is 2. The summed E-state index contributed by atoms with van der Waals surface area (Å²) in [6.07, 6.45) is -2.83. The summed E-state index contributed by atoms with van der Waals surface area (Å²) in [6.45, 7) is 1.92. The molecule has 0 unspecified atom stereocenters. The Kier molecular flexibility index (Phi) is 4.71. The molecule has 7 heteroatoms. The lowest BCUT2D eigenvalue weighted by Crippen LogP contribution is -2.27. The number of aryl methyl sites for hydroxylation is 1. The molecule has 1 saturated heterocycles. The van der Waals surface area contributed by atoms with Crippen LogP contribution in [0, 0.1) is 6.92 Å². The highest BCUT2D eigenvalue weighted by Gasteiger charge is 2.33. The first-order valence-electron chi connectivity index (χ1n) is 7.27. The number of thiocarbonyl (C=S) groups is 1. The monoisotopic (exact) mass is 379 g/mol. The van der Waals surface area contributed by atoms with Crippen LogP contribution < -0.4 is 4.90 Å². The molecule has 1 aliphatic rings. The van der Waals surface area contributed by atoms with Crippen molar-refractivity contribution < 1.29 is 18.0 Å². The third-order valence-electron chi connectivity index (χ3n) is 3.59.